The third kappa shape index (κ3) is 7.13. The predicted octanol–water partition coefficient (Wildman–Crippen LogP) is 2.95. The molecule has 1 atom stereocenters. The van der Waals surface area contributed by atoms with Crippen molar-refractivity contribution in [2.45, 2.75) is 12.5 Å². The first-order valence-corrected chi connectivity index (χ1v) is 8.01. The van der Waals surface area contributed by atoms with Crippen molar-refractivity contribution in [2.75, 3.05) is 26.9 Å². The Kier molecular flexibility index (Phi) is 9.62. The highest BCUT2D eigenvalue weighted by molar-refractivity contribution is 5.94. The zero-order valence-electron chi connectivity index (χ0n) is 14.3. The molecule has 0 saturated heterocycles. The Bertz CT molecular complexity index is 620. The van der Waals surface area contributed by atoms with E-state index in [0.29, 0.717) is 25.3 Å². The minimum atomic E-state index is -0.224. The molecule has 2 rings (SSSR count). The zero-order chi connectivity index (χ0) is 17.2. The van der Waals surface area contributed by atoms with E-state index in [-0.39, 0.29) is 24.4 Å². The van der Waals surface area contributed by atoms with E-state index in [4.69, 9.17) is 15.2 Å². The molecule has 0 aliphatic carbocycles. The van der Waals surface area contributed by atoms with E-state index in [1.165, 1.54) is 0 Å². The van der Waals surface area contributed by atoms with Gasteiger partial charge in [-0.25, -0.2) is 0 Å². The lowest BCUT2D eigenvalue weighted by molar-refractivity contribution is 0.0951. The SMILES string of the molecule is COCCCOc1ccc(C(=O)NCC(N)c2ccccc2)cc1.Cl. The van der Waals surface area contributed by atoms with Crippen molar-refractivity contribution in [2.24, 2.45) is 5.73 Å². The second-order valence-corrected chi connectivity index (χ2v) is 5.45. The number of methoxy groups -OCH3 is 1. The van der Waals surface area contributed by atoms with Gasteiger partial charge >= 0.3 is 0 Å². The molecule has 1 unspecified atom stereocenters. The Labute approximate surface area is 154 Å². The molecule has 2 aromatic carbocycles. The number of hydrogen-bond donors (Lipinski definition) is 2. The van der Waals surface area contributed by atoms with Gasteiger partial charge in [0.25, 0.3) is 5.91 Å². The van der Waals surface area contributed by atoms with Crippen LogP contribution in [0.25, 0.3) is 0 Å². The van der Waals surface area contributed by atoms with Crippen LogP contribution in [0.5, 0.6) is 5.75 Å². The van der Waals surface area contributed by atoms with E-state index in [1.807, 2.05) is 30.3 Å². The maximum atomic E-state index is 12.2. The molecule has 0 aliphatic heterocycles. The first kappa shape index (κ1) is 21.0. The molecule has 0 saturated carbocycles. The second kappa shape index (κ2) is 11.5. The number of amides is 1. The Morgan fingerprint density at radius 3 is 2.40 bits per heavy atom. The van der Waals surface area contributed by atoms with E-state index in [1.54, 1.807) is 31.4 Å². The Morgan fingerprint density at radius 2 is 1.76 bits per heavy atom. The Balaban J connectivity index is 0.00000312. The average molecular weight is 365 g/mol. The van der Waals surface area contributed by atoms with Gasteiger partial charge in [0.2, 0.25) is 0 Å². The number of nitrogens with one attached hydrogen (secondary N) is 1. The molecule has 136 valence electrons. The zero-order valence-corrected chi connectivity index (χ0v) is 15.1. The van der Waals surface area contributed by atoms with E-state index < -0.39 is 0 Å². The first-order valence-electron chi connectivity index (χ1n) is 8.01. The summed E-state index contributed by atoms with van der Waals surface area (Å²) in [5.41, 5.74) is 7.66. The minimum Gasteiger partial charge on any atom is -0.494 e. The van der Waals surface area contributed by atoms with Crippen LogP contribution in [0.1, 0.15) is 28.4 Å². The third-order valence-corrected chi connectivity index (χ3v) is 3.59. The summed E-state index contributed by atoms with van der Waals surface area (Å²) in [7, 11) is 1.66. The van der Waals surface area contributed by atoms with Gasteiger partial charge in [0.1, 0.15) is 5.75 Å². The fourth-order valence-corrected chi connectivity index (χ4v) is 2.22. The van der Waals surface area contributed by atoms with E-state index >= 15 is 0 Å². The summed E-state index contributed by atoms with van der Waals surface area (Å²) >= 11 is 0. The smallest absolute Gasteiger partial charge is 0.251 e. The number of halogens is 1. The first-order chi connectivity index (χ1) is 11.7. The summed E-state index contributed by atoms with van der Waals surface area (Å²) in [5.74, 6) is 0.593. The Hall–Kier alpha value is -2.08. The summed E-state index contributed by atoms with van der Waals surface area (Å²) in [5, 5.41) is 2.86. The molecule has 0 fully saturated rings. The number of ether oxygens (including phenoxy) is 2. The molecular formula is C19H25ClN2O3. The van der Waals surface area contributed by atoms with Gasteiger partial charge in [0.15, 0.2) is 0 Å². The summed E-state index contributed by atoms with van der Waals surface area (Å²) in [6.07, 6.45) is 0.829. The molecule has 6 heteroatoms. The van der Waals surface area contributed by atoms with Crippen LogP contribution in [0, 0.1) is 0 Å². The van der Waals surface area contributed by atoms with Crippen molar-refractivity contribution in [3.05, 3.63) is 65.7 Å². The maximum absolute atomic E-state index is 12.2. The lowest BCUT2D eigenvalue weighted by atomic mass is 10.1. The van der Waals surface area contributed by atoms with Gasteiger partial charge in [-0.15, -0.1) is 12.4 Å². The van der Waals surface area contributed by atoms with Crippen molar-refractivity contribution >= 4 is 18.3 Å². The fourth-order valence-electron chi connectivity index (χ4n) is 2.22. The van der Waals surface area contributed by atoms with Crippen LogP contribution < -0.4 is 15.8 Å². The maximum Gasteiger partial charge on any atom is 0.251 e. The monoisotopic (exact) mass is 364 g/mol. The molecule has 0 radical (unpaired) electrons. The molecule has 0 aromatic heterocycles. The van der Waals surface area contributed by atoms with E-state index in [2.05, 4.69) is 5.32 Å². The van der Waals surface area contributed by atoms with Gasteiger partial charge in [-0.05, 0) is 29.8 Å². The van der Waals surface area contributed by atoms with Crippen LogP contribution in [0.2, 0.25) is 0 Å². The Morgan fingerprint density at radius 1 is 1.08 bits per heavy atom. The van der Waals surface area contributed by atoms with Crippen molar-refractivity contribution < 1.29 is 14.3 Å². The molecule has 5 nitrogen and oxygen atoms in total. The molecule has 0 aliphatic rings. The van der Waals surface area contributed by atoms with Gasteiger partial charge in [-0.3, -0.25) is 4.79 Å². The van der Waals surface area contributed by atoms with Gasteiger partial charge in [-0.2, -0.15) is 0 Å². The lowest BCUT2D eigenvalue weighted by Crippen LogP contribution is -2.31. The van der Waals surface area contributed by atoms with Gasteiger partial charge in [-0.1, -0.05) is 30.3 Å². The largest absolute Gasteiger partial charge is 0.494 e. The molecule has 3 N–H and O–H groups in total. The molecule has 0 spiro atoms. The van der Waals surface area contributed by atoms with Crippen LogP contribution in [-0.2, 0) is 4.74 Å². The fraction of sp³-hybridized carbons (Fsp3) is 0.316. The van der Waals surface area contributed by atoms with Gasteiger partial charge in [0.05, 0.1) is 6.61 Å². The number of benzene rings is 2. The quantitative estimate of drug-likeness (QED) is 0.671. The van der Waals surface area contributed by atoms with Gasteiger partial charge < -0.3 is 20.5 Å². The standard InChI is InChI=1S/C19H24N2O3.ClH/c1-23-12-5-13-24-17-10-8-16(9-11-17)19(22)21-14-18(20)15-6-3-2-4-7-15;/h2-4,6-11,18H,5,12-14,20H2,1H3,(H,21,22);1H. The lowest BCUT2D eigenvalue weighted by Gasteiger charge is -2.13. The van der Waals surface area contributed by atoms with Crippen LogP contribution in [0.4, 0.5) is 0 Å². The molecular weight excluding hydrogens is 340 g/mol. The number of nitrogens with two attached hydrogens (primary N) is 1. The van der Waals surface area contributed by atoms with Crippen LogP contribution in [-0.4, -0.2) is 32.8 Å². The predicted molar refractivity (Wildman–Crippen MR) is 101 cm³/mol. The summed E-state index contributed by atoms with van der Waals surface area (Å²) in [6, 6.07) is 16.6. The molecule has 0 bridgehead atoms. The van der Waals surface area contributed by atoms with Crippen molar-refractivity contribution in [1.29, 1.82) is 0 Å². The number of rotatable bonds is 9. The molecule has 1 amide bonds. The van der Waals surface area contributed by atoms with Crippen LogP contribution in [0.15, 0.2) is 54.6 Å². The minimum absolute atomic E-state index is 0. The van der Waals surface area contributed by atoms with Crippen LogP contribution >= 0.6 is 12.4 Å². The number of carbonyl (C=O) groups excluding carboxylic acids is 1. The molecule has 2 aromatic rings. The summed E-state index contributed by atoms with van der Waals surface area (Å²) in [6.45, 7) is 1.64. The highest BCUT2D eigenvalue weighted by atomic mass is 35.5. The topological polar surface area (TPSA) is 73.6 Å². The van der Waals surface area contributed by atoms with Crippen LogP contribution in [0.3, 0.4) is 0 Å². The van der Waals surface area contributed by atoms with E-state index in [9.17, 15) is 4.79 Å². The van der Waals surface area contributed by atoms with Crippen molar-refractivity contribution in [3.8, 4) is 5.75 Å². The summed E-state index contributed by atoms with van der Waals surface area (Å²) < 4.78 is 10.5. The highest BCUT2D eigenvalue weighted by Gasteiger charge is 2.09. The molecule has 25 heavy (non-hydrogen) atoms. The summed E-state index contributed by atoms with van der Waals surface area (Å²) in [4.78, 5) is 12.2. The average Bonchev–Trinajstić information content (AvgIpc) is 2.64. The van der Waals surface area contributed by atoms with Crippen molar-refractivity contribution in [3.63, 3.8) is 0 Å². The second-order valence-electron chi connectivity index (χ2n) is 5.45. The van der Waals surface area contributed by atoms with Crippen molar-refractivity contribution in [1.82, 2.24) is 5.32 Å². The highest BCUT2D eigenvalue weighted by Crippen LogP contribution is 2.13. The normalized spacial score (nSPS) is 11.3. The van der Waals surface area contributed by atoms with Gasteiger partial charge in [0, 0.05) is 38.3 Å². The third-order valence-electron chi connectivity index (χ3n) is 3.59. The molecule has 0 heterocycles. The number of hydrogen-bond acceptors (Lipinski definition) is 4. The van der Waals surface area contributed by atoms with E-state index in [0.717, 1.165) is 17.7 Å². The number of carbonyl (C=O) groups is 1.